The van der Waals surface area contributed by atoms with Gasteiger partial charge in [0.15, 0.2) is 0 Å². The van der Waals surface area contributed by atoms with Gasteiger partial charge in [0.1, 0.15) is 11.6 Å². The number of hydrogen-bond donors (Lipinski definition) is 1. The van der Waals surface area contributed by atoms with Crippen LogP contribution < -0.4 is 5.73 Å². The number of nitrogens with zero attached hydrogens (tertiary/aromatic N) is 1. The maximum atomic E-state index is 11.9. The zero-order chi connectivity index (χ0) is 15.5. The van der Waals surface area contributed by atoms with E-state index in [-0.39, 0.29) is 6.61 Å². The van der Waals surface area contributed by atoms with Crippen molar-refractivity contribution in [3.63, 3.8) is 0 Å². The molecule has 0 amide bonds. The maximum Gasteiger partial charge on any atom is 0.411 e. The Balaban J connectivity index is 1.97. The van der Waals surface area contributed by atoms with E-state index in [1.165, 1.54) is 0 Å². The standard InChI is InChI=1S/C14H15F3N2OS/c15-14(16,17)9-20-8-2-6-19-7-5-10-11(13(18)21)3-1-4-12(10)19/h1,3-5,7H,2,6,8-9H2,(H2,18,21). The van der Waals surface area contributed by atoms with Crippen molar-refractivity contribution < 1.29 is 17.9 Å². The molecule has 3 nitrogen and oxygen atoms in total. The molecular formula is C14H15F3N2OS. The zero-order valence-corrected chi connectivity index (χ0v) is 12.0. The first kappa shape index (κ1) is 15.8. The molecule has 0 aliphatic heterocycles. The van der Waals surface area contributed by atoms with E-state index in [1.807, 2.05) is 35.0 Å². The van der Waals surface area contributed by atoms with E-state index in [0.717, 1.165) is 16.5 Å². The maximum absolute atomic E-state index is 11.9. The molecule has 0 atom stereocenters. The highest BCUT2D eigenvalue weighted by Crippen LogP contribution is 2.21. The first-order valence-corrected chi connectivity index (χ1v) is 6.81. The number of halogens is 3. The first-order valence-electron chi connectivity index (χ1n) is 6.40. The number of hydrogen-bond acceptors (Lipinski definition) is 2. The third-order valence-corrected chi connectivity index (χ3v) is 3.25. The minimum absolute atomic E-state index is 0.0637. The summed E-state index contributed by atoms with van der Waals surface area (Å²) in [6.07, 6.45) is -1.90. The Morgan fingerprint density at radius 1 is 1.29 bits per heavy atom. The number of nitrogens with two attached hydrogens (primary N) is 1. The fraction of sp³-hybridized carbons (Fsp3) is 0.357. The van der Waals surface area contributed by atoms with Crippen molar-refractivity contribution in [2.75, 3.05) is 13.2 Å². The molecule has 114 valence electrons. The van der Waals surface area contributed by atoms with Gasteiger partial charge in [-0.1, -0.05) is 24.4 Å². The van der Waals surface area contributed by atoms with Gasteiger partial charge in [-0.05, 0) is 18.6 Å². The molecule has 0 aliphatic rings. The van der Waals surface area contributed by atoms with Gasteiger partial charge in [-0.3, -0.25) is 0 Å². The van der Waals surface area contributed by atoms with E-state index >= 15 is 0 Å². The number of aryl methyl sites for hydroxylation is 1. The van der Waals surface area contributed by atoms with E-state index in [4.69, 9.17) is 18.0 Å². The van der Waals surface area contributed by atoms with Gasteiger partial charge < -0.3 is 15.0 Å². The fourth-order valence-corrected chi connectivity index (χ4v) is 2.34. The van der Waals surface area contributed by atoms with Crippen LogP contribution in [-0.2, 0) is 11.3 Å². The van der Waals surface area contributed by atoms with Gasteiger partial charge in [0.25, 0.3) is 0 Å². The van der Waals surface area contributed by atoms with Crippen molar-refractivity contribution in [2.24, 2.45) is 5.73 Å². The number of rotatable bonds is 6. The summed E-state index contributed by atoms with van der Waals surface area (Å²) in [5, 5.41) is 0.946. The fourth-order valence-electron chi connectivity index (χ4n) is 2.16. The zero-order valence-electron chi connectivity index (χ0n) is 11.2. The summed E-state index contributed by atoms with van der Waals surface area (Å²) < 4.78 is 42.3. The first-order chi connectivity index (χ1) is 9.88. The van der Waals surface area contributed by atoms with Crippen LogP contribution in [0.25, 0.3) is 10.9 Å². The molecule has 1 heterocycles. The van der Waals surface area contributed by atoms with Gasteiger partial charge in [-0.15, -0.1) is 0 Å². The second kappa shape index (κ2) is 6.44. The summed E-state index contributed by atoms with van der Waals surface area (Å²) in [7, 11) is 0. The smallest absolute Gasteiger partial charge is 0.389 e. The van der Waals surface area contributed by atoms with E-state index in [1.54, 1.807) is 0 Å². The Morgan fingerprint density at radius 2 is 2.05 bits per heavy atom. The molecule has 0 unspecified atom stereocenters. The molecule has 21 heavy (non-hydrogen) atoms. The summed E-state index contributed by atoms with van der Waals surface area (Å²) in [6.45, 7) is -0.568. The third kappa shape index (κ3) is 4.18. The van der Waals surface area contributed by atoms with E-state index in [2.05, 4.69) is 4.74 Å². The van der Waals surface area contributed by atoms with Crippen molar-refractivity contribution in [1.29, 1.82) is 0 Å². The normalized spacial score (nSPS) is 12.0. The molecule has 7 heteroatoms. The van der Waals surface area contributed by atoms with Crippen molar-refractivity contribution in [3.05, 3.63) is 36.0 Å². The molecular weight excluding hydrogens is 301 g/mol. The Kier molecular flexibility index (Phi) is 4.84. The molecule has 1 aromatic heterocycles. The quantitative estimate of drug-likeness (QED) is 0.657. The lowest BCUT2D eigenvalue weighted by Gasteiger charge is -2.09. The molecule has 0 radical (unpaired) electrons. The molecule has 0 bridgehead atoms. The lowest BCUT2D eigenvalue weighted by molar-refractivity contribution is -0.174. The number of benzene rings is 1. The van der Waals surface area contributed by atoms with Crippen molar-refractivity contribution in [2.45, 2.75) is 19.1 Å². The SMILES string of the molecule is NC(=S)c1cccc2c1ccn2CCCOCC(F)(F)F. The highest BCUT2D eigenvalue weighted by Gasteiger charge is 2.27. The molecule has 0 aliphatic carbocycles. The summed E-state index contributed by atoms with van der Waals surface area (Å²) in [5.41, 5.74) is 7.42. The second-order valence-corrected chi connectivity index (χ2v) is 5.07. The average molecular weight is 316 g/mol. The summed E-state index contributed by atoms with van der Waals surface area (Å²) in [4.78, 5) is 0.326. The highest BCUT2D eigenvalue weighted by atomic mass is 32.1. The summed E-state index contributed by atoms with van der Waals surface area (Å²) in [6, 6.07) is 7.53. The molecule has 2 N–H and O–H groups in total. The topological polar surface area (TPSA) is 40.2 Å². The number of fused-ring (bicyclic) bond motifs is 1. The van der Waals surface area contributed by atoms with Crippen LogP contribution in [0.15, 0.2) is 30.5 Å². The summed E-state index contributed by atoms with van der Waals surface area (Å²) in [5.74, 6) is 0. The van der Waals surface area contributed by atoms with Gasteiger partial charge >= 0.3 is 6.18 Å². The van der Waals surface area contributed by atoms with Crippen LogP contribution in [0.4, 0.5) is 13.2 Å². The average Bonchev–Trinajstić information content (AvgIpc) is 2.80. The number of ether oxygens (including phenoxy) is 1. The van der Waals surface area contributed by atoms with E-state index < -0.39 is 12.8 Å². The third-order valence-electron chi connectivity index (χ3n) is 3.03. The lowest BCUT2D eigenvalue weighted by Crippen LogP contribution is -2.17. The van der Waals surface area contributed by atoms with Gasteiger partial charge in [-0.2, -0.15) is 13.2 Å². The van der Waals surface area contributed by atoms with Crippen LogP contribution in [0.5, 0.6) is 0 Å². The monoisotopic (exact) mass is 316 g/mol. The van der Waals surface area contributed by atoms with Crippen molar-refractivity contribution >= 4 is 28.1 Å². The summed E-state index contributed by atoms with van der Waals surface area (Å²) >= 11 is 5.00. The van der Waals surface area contributed by atoms with Gasteiger partial charge in [-0.25, -0.2) is 0 Å². The van der Waals surface area contributed by atoms with Gasteiger partial charge in [0.2, 0.25) is 0 Å². The van der Waals surface area contributed by atoms with Crippen LogP contribution in [0.3, 0.4) is 0 Å². The Morgan fingerprint density at radius 3 is 2.71 bits per heavy atom. The molecule has 2 aromatic rings. The largest absolute Gasteiger partial charge is 0.411 e. The molecule has 0 fully saturated rings. The molecule has 2 rings (SSSR count). The van der Waals surface area contributed by atoms with Crippen LogP contribution >= 0.6 is 12.2 Å². The Labute approximate surface area is 125 Å². The predicted molar refractivity (Wildman–Crippen MR) is 79.3 cm³/mol. The molecule has 1 aromatic carbocycles. The second-order valence-electron chi connectivity index (χ2n) is 4.63. The minimum atomic E-state index is -4.27. The van der Waals surface area contributed by atoms with E-state index in [9.17, 15) is 13.2 Å². The van der Waals surface area contributed by atoms with Gasteiger partial charge in [0.05, 0.1) is 0 Å². The van der Waals surface area contributed by atoms with E-state index in [0.29, 0.717) is 18.0 Å². The highest BCUT2D eigenvalue weighted by molar-refractivity contribution is 7.80. The molecule has 0 saturated heterocycles. The Hall–Kier alpha value is -1.60. The molecule has 0 spiro atoms. The van der Waals surface area contributed by atoms with Crippen molar-refractivity contribution in [1.82, 2.24) is 4.57 Å². The van der Waals surface area contributed by atoms with Gasteiger partial charge in [0, 0.05) is 35.8 Å². The van der Waals surface area contributed by atoms with Crippen molar-refractivity contribution in [3.8, 4) is 0 Å². The molecule has 0 saturated carbocycles. The van der Waals surface area contributed by atoms with Crippen LogP contribution in [0, 0.1) is 0 Å². The minimum Gasteiger partial charge on any atom is -0.389 e. The predicted octanol–water partition coefficient (Wildman–Crippen LogP) is 3.24. The van der Waals surface area contributed by atoms with Crippen LogP contribution in [-0.4, -0.2) is 28.9 Å². The number of alkyl halides is 3. The Bertz CT molecular complexity index is 637. The number of thiocarbonyl (C=S) groups is 1. The van der Waals surface area contributed by atoms with Crippen LogP contribution in [0.1, 0.15) is 12.0 Å². The van der Waals surface area contributed by atoms with Crippen LogP contribution in [0.2, 0.25) is 0 Å². The number of aromatic nitrogens is 1. The lowest BCUT2D eigenvalue weighted by atomic mass is 10.1.